The van der Waals surface area contributed by atoms with Gasteiger partial charge in [-0.15, -0.1) is 11.8 Å². The van der Waals surface area contributed by atoms with Crippen molar-refractivity contribution in [3.05, 3.63) is 65.0 Å². The number of carbonyl (C=O) groups is 2. The minimum atomic E-state index is -3.82. The van der Waals surface area contributed by atoms with Gasteiger partial charge in [-0.2, -0.15) is 0 Å². The first kappa shape index (κ1) is 26.0. The zero-order valence-electron chi connectivity index (χ0n) is 17.8. The highest BCUT2D eigenvalue weighted by Crippen LogP contribution is 2.25. The SMILES string of the molecule is N[C@@H](CC(=O)N1CCSC1C(=O)NCc1ccc(S(N)(=O)=O)cc1)Cc1cc(F)c(F)cc1F. The van der Waals surface area contributed by atoms with Gasteiger partial charge in [0.25, 0.3) is 5.91 Å². The Hall–Kier alpha value is -2.61. The fourth-order valence-electron chi connectivity index (χ4n) is 3.43. The summed E-state index contributed by atoms with van der Waals surface area (Å²) in [5, 5.41) is 6.97. The molecule has 1 aliphatic heterocycles. The highest BCUT2D eigenvalue weighted by atomic mass is 32.2. The van der Waals surface area contributed by atoms with E-state index in [9.17, 15) is 31.2 Å². The number of amides is 2. The molecule has 184 valence electrons. The first-order chi connectivity index (χ1) is 16.0. The van der Waals surface area contributed by atoms with Gasteiger partial charge in [0.2, 0.25) is 15.9 Å². The quantitative estimate of drug-likeness (QED) is 0.452. The maximum atomic E-state index is 13.9. The molecule has 8 nitrogen and oxygen atoms in total. The summed E-state index contributed by atoms with van der Waals surface area (Å²) in [5.41, 5.74) is 6.44. The van der Waals surface area contributed by atoms with E-state index in [1.165, 1.54) is 40.9 Å². The smallest absolute Gasteiger partial charge is 0.253 e. The number of thioether (sulfide) groups is 1. The van der Waals surface area contributed by atoms with E-state index in [0.717, 1.165) is 0 Å². The molecule has 2 aromatic carbocycles. The second kappa shape index (κ2) is 10.8. The van der Waals surface area contributed by atoms with Crippen molar-refractivity contribution < 1.29 is 31.2 Å². The lowest BCUT2D eigenvalue weighted by atomic mass is 10.0. The third kappa shape index (κ3) is 6.50. The number of carbonyl (C=O) groups excluding carboxylic acids is 2. The third-order valence-electron chi connectivity index (χ3n) is 5.16. The molecule has 3 rings (SSSR count). The molecule has 1 saturated heterocycles. The Bertz CT molecular complexity index is 1180. The molecular weight excluding hydrogens is 493 g/mol. The molecule has 2 aromatic rings. The molecule has 1 unspecified atom stereocenters. The van der Waals surface area contributed by atoms with Crippen LogP contribution in [-0.4, -0.2) is 48.8 Å². The van der Waals surface area contributed by atoms with Crippen molar-refractivity contribution in [3.8, 4) is 0 Å². The number of rotatable bonds is 8. The Balaban J connectivity index is 1.56. The number of hydrogen-bond acceptors (Lipinski definition) is 6. The molecule has 0 radical (unpaired) electrons. The molecular formula is C21H23F3N4O4S2. The van der Waals surface area contributed by atoms with E-state index in [1.54, 1.807) is 0 Å². The Morgan fingerprint density at radius 3 is 2.41 bits per heavy atom. The number of halogens is 3. The molecule has 1 aliphatic rings. The third-order valence-corrected chi connectivity index (χ3v) is 7.29. The van der Waals surface area contributed by atoms with E-state index in [-0.39, 0.29) is 29.8 Å². The van der Waals surface area contributed by atoms with Crippen LogP contribution in [0.2, 0.25) is 0 Å². The lowest BCUT2D eigenvalue weighted by molar-refractivity contribution is -0.136. The predicted octanol–water partition coefficient (Wildman–Crippen LogP) is 1.23. The van der Waals surface area contributed by atoms with Crippen molar-refractivity contribution >= 4 is 33.6 Å². The summed E-state index contributed by atoms with van der Waals surface area (Å²) >= 11 is 1.27. The van der Waals surface area contributed by atoms with Gasteiger partial charge >= 0.3 is 0 Å². The molecule has 1 fully saturated rings. The van der Waals surface area contributed by atoms with Gasteiger partial charge in [0.05, 0.1) is 4.90 Å². The number of benzene rings is 2. The van der Waals surface area contributed by atoms with Gasteiger partial charge < -0.3 is 16.0 Å². The monoisotopic (exact) mass is 516 g/mol. The van der Waals surface area contributed by atoms with Gasteiger partial charge in [-0.3, -0.25) is 9.59 Å². The van der Waals surface area contributed by atoms with E-state index in [0.29, 0.717) is 30.0 Å². The van der Waals surface area contributed by atoms with Crippen LogP contribution in [0.3, 0.4) is 0 Å². The molecule has 0 aliphatic carbocycles. The van der Waals surface area contributed by atoms with Crippen LogP contribution in [0.5, 0.6) is 0 Å². The second-order valence-electron chi connectivity index (χ2n) is 7.74. The number of nitrogens with two attached hydrogens (primary N) is 2. The Morgan fingerprint density at radius 2 is 1.76 bits per heavy atom. The van der Waals surface area contributed by atoms with Gasteiger partial charge in [0, 0.05) is 37.4 Å². The summed E-state index contributed by atoms with van der Waals surface area (Å²) in [6.07, 6.45) is -0.390. The van der Waals surface area contributed by atoms with Crippen molar-refractivity contribution in [2.24, 2.45) is 10.9 Å². The highest BCUT2D eigenvalue weighted by molar-refractivity contribution is 8.00. The van der Waals surface area contributed by atoms with Crippen molar-refractivity contribution in [1.29, 1.82) is 0 Å². The minimum Gasteiger partial charge on any atom is -0.349 e. The van der Waals surface area contributed by atoms with Crippen molar-refractivity contribution in [1.82, 2.24) is 10.2 Å². The summed E-state index contributed by atoms with van der Waals surface area (Å²) in [4.78, 5) is 26.7. The van der Waals surface area contributed by atoms with Crippen molar-refractivity contribution in [3.63, 3.8) is 0 Å². The normalized spacial score (nSPS) is 17.0. The van der Waals surface area contributed by atoms with E-state index >= 15 is 0 Å². The lowest BCUT2D eigenvalue weighted by Crippen LogP contribution is -2.46. The number of primary sulfonamides is 1. The van der Waals surface area contributed by atoms with E-state index in [1.807, 2.05) is 0 Å². The first-order valence-electron chi connectivity index (χ1n) is 10.1. The Kier molecular flexibility index (Phi) is 8.23. The van der Waals surface area contributed by atoms with Crippen LogP contribution in [-0.2, 0) is 32.6 Å². The zero-order chi connectivity index (χ0) is 25.0. The van der Waals surface area contributed by atoms with Crippen LogP contribution in [0.1, 0.15) is 17.5 Å². The second-order valence-corrected chi connectivity index (χ2v) is 10.5. The predicted molar refractivity (Wildman–Crippen MR) is 120 cm³/mol. The highest BCUT2D eigenvalue weighted by Gasteiger charge is 2.35. The molecule has 1 heterocycles. The van der Waals surface area contributed by atoms with E-state index < -0.39 is 50.7 Å². The molecule has 0 saturated carbocycles. The van der Waals surface area contributed by atoms with Crippen LogP contribution >= 0.6 is 11.8 Å². The first-order valence-corrected chi connectivity index (χ1v) is 12.7. The molecule has 2 atom stereocenters. The van der Waals surface area contributed by atoms with Gasteiger partial charge in [-0.05, 0) is 35.7 Å². The minimum absolute atomic E-state index is 0.0507. The van der Waals surface area contributed by atoms with Crippen LogP contribution in [0.4, 0.5) is 13.2 Å². The molecule has 2 amide bonds. The van der Waals surface area contributed by atoms with Crippen molar-refractivity contribution in [2.75, 3.05) is 12.3 Å². The number of nitrogens with one attached hydrogen (secondary N) is 1. The maximum absolute atomic E-state index is 13.9. The summed E-state index contributed by atoms with van der Waals surface area (Å²) in [6.45, 7) is 0.425. The van der Waals surface area contributed by atoms with Gasteiger partial charge in [-0.1, -0.05) is 12.1 Å². The van der Waals surface area contributed by atoms with Crippen LogP contribution < -0.4 is 16.2 Å². The summed E-state index contributed by atoms with van der Waals surface area (Å²) in [5.74, 6) is -3.77. The standard InChI is InChI=1S/C21H23F3N4O4S2/c22-16-10-18(24)17(23)8-13(16)7-14(25)9-19(29)28-5-6-33-21(28)20(30)27-11-12-1-3-15(4-2-12)34(26,31)32/h1-4,8,10,14,21H,5-7,9,11,25H2,(H,27,30)(H2,26,31,32)/t14-,21?/m1/s1. The molecule has 0 bridgehead atoms. The van der Waals surface area contributed by atoms with E-state index in [2.05, 4.69) is 5.32 Å². The zero-order valence-corrected chi connectivity index (χ0v) is 19.5. The summed E-state index contributed by atoms with van der Waals surface area (Å²) in [7, 11) is -3.82. The van der Waals surface area contributed by atoms with Gasteiger partial charge in [-0.25, -0.2) is 26.7 Å². The van der Waals surface area contributed by atoms with Crippen LogP contribution in [0.25, 0.3) is 0 Å². The molecule has 0 spiro atoms. The fourth-order valence-corrected chi connectivity index (χ4v) is 5.11. The van der Waals surface area contributed by atoms with Gasteiger partial charge in [0.15, 0.2) is 17.0 Å². The average molecular weight is 517 g/mol. The summed E-state index contributed by atoms with van der Waals surface area (Å²) < 4.78 is 63.0. The lowest BCUT2D eigenvalue weighted by Gasteiger charge is -2.24. The Morgan fingerprint density at radius 1 is 1.12 bits per heavy atom. The van der Waals surface area contributed by atoms with Crippen molar-refractivity contribution in [2.45, 2.75) is 35.7 Å². The van der Waals surface area contributed by atoms with Crippen LogP contribution in [0, 0.1) is 17.5 Å². The molecule has 5 N–H and O–H groups in total. The topological polar surface area (TPSA) is 136 Å². The van der Waals surface area contributed by atoms with Gasteiger partial charge in [0.1, 0.15) is 5.82 Å². The fraction of sp³-hybridized carbons (Fsp3) is 0.333. The Labute approximate surface area is 198 Å². The number of hydrogen-bond donors (Lipinski definition) is 3. The largest absolute Gasteiger partial charge is 0.349 e. The molecule has 13 heteroatoms. The average Bonchev–Trinajstić information content (AvgIpc) is 3.26. The number of nitrogens with zero attached hydrogens (tertiary/aromatic N) is 1. The van der Waals surface area contributed by atoms with Crippen LogP contribution in [0.15, 0.2) is 41.3 Å². The molecule has 0 aromatic heterocycles. The number of sulfonamides is 1. The maximum Gasteiger partial charge on any atom is 0.253 e. The molecule has 34 heavy (non-hydrogen) atoms. The summed E-state index contributed by atoms with van der Waals surface area (Å²) in [6, 6.07) is 5.97. The van der Waals surface area contributed by atoms with E-state index in [4.69, 9.17) is 10.9 Å².